The van der Waals surface area contributed by atoms with Crippen molar-refractivity contribution in [3.05, 3.63) is 45.7 Å². The van der Waals surface area contributed by atoms with Crippen molar-refractivity contribution in [2.24, 2.45) is 0 Å². The number of halogens is 3. The molecule has 2 heterocycles. The van der Waals surface area contributed by atoms with Gasteiger partial charge in [-0.1, -0.05) is 0 Å². The molecule has 0 aromatic carbocycles. The summed E-state index contributed by atoms with van der Waals surface area (Å²) >= 11 is 1.35. The van der Waals surface area contributed by atoms with Crippen LogP contribution in [0, 0.1) is 6.92 Å². The fourth-order valence-corrected chi connectivity index (χ4v) is 2.23. The number of hydrogen-bond donors (Lipinski definition) is 0. The Balaban J connectivity index is 2.29. The first-order valence-electron chi connectivity index (χ1n) is 5.33. The topological polar surface area (TPSA) is 42.9 Å². The lowest BCUT2D eigenvalue weighted by atomic mass is 10.0. The zero-order valence-corrected chi connectivity index (χ0v) is 10.7. The van der Waals surface area contributed by atoms with Crippen molar-refractivity contribution in [3.8, 4) is 0 Å². The second-order valence-electron chi connectivity index (χ2n) is 3.88. The maximum Gasteiger partial charge on any atom is 0.417 e. The van der Waals surface area contributed by atoms with Crippen molar-refractivity contribution in [2.45, 2.75) is 19.5 Å². The summed E-state index contributed by atoms with van der Waals surface area (Å²) in [6, 6.07) is 0.805. The van der Waals surface area contributed by atoms with Gasteiger partial charge in [0.05, 0.1) is 22.7 Å². The molecule has 0 saturated carbocycles. The fraction of sp³-hybridized carbons (Fsp3) is 0.250. The lowest BCUT2D eigenvalue weighted by Crippen LogP contribution is -2.15. The number of carbonyl (C=O) groups excluding carboxylic acids is 1. The van der Waals surface area contributed by atoms with E-state index in [9.17, 15) is 18.0 Å². The van der Waals surface area contributed by atoms with Gasteiger partial charge >= 0.3 is 6.18 Å². The van der Waals surface area contributed by atoms with Gasteiger partial charge in [0.25, 0.3) is 0 Å². The van der Waals surface area contributed by atoms with E-state index >= 15 is 0 Å². The number of alkyl halides is 3. The minimum atomic E-state index is -4.56. The lowest BCUT2D eigenvalue weighted by Gasteiger charge is -2.10. The Labute approximate surface area is 111 Å². The minimum Gasteiger partial charge on any atom is -0.294 e. The second-order valence-corrected chi connectivity index (χ2v) is 4.94. The standard InChI is InChI=1S/C12H9F3N2OS/c1-7-17-8(6-19-7)4-11(18)9-5-16-3-2-10(9)12(13,14)15/h2-3,5-6H,4H2,1H3. The Kier molecular flexibility index (Phi) is 3.66. The Morgan fingerprint density at radius 2 is 2.16 bits per heavy atom. The van der Waals surface area contributed by atoms with Crippen LogP contribution in [0.15, 0.2) is 23.8 Å². The third-order valence-corrected chi connectivity index (χ3v) is 3.26. The Morgan fingerprint density at radius 3 is 2.74 bits per heavy atom. The summed E-state index contributed by atoms with van der Waals surface area (Å²) in [6.45, 7) is 1.77. The quantitative estimate of drug-likeness (QED) is 0.813. The zero-order valence-electron chi connectivity index (χ0n) is 9.86. The first kappa shape index (κ1) is 13.7. The van der Waals surface area contributed by atoms with Gasteiger partial charge in [0.15, 0.2) is 5.78 Å². The van der Waals surface area contributed by atoms with Crippen LogP contribution in [0.3, 0.4) is 0 Å². The number of Topliss-reactive ketones (excluding diaryl/α,β-unsaturated/α-hetero) is 1. The first-order valence-corrected chi connectivity index (χ1v) is 6.21. The van der Waals surface area contributed by atoms with E-state index in [2.05, 4.69) is 9.97 Å². The van der Waals surface area contributed by atoms with Crippen LogP contribution in [0.2, 0.25) is 0 Å². The molecule has 100 valence electrons. The molecule has 0 N–H and O–H groups in total. The van der Waals surface area contributed by atoms with E-state index < -0.39 is 23.1 Å². The smallest absolute Gasteiger partial charge is 0.294 e. The Morgan fingerprint density at radius 1 is 1.42 bits per heavy atom. The normalized spacial score (nSPS) is 11.6. The highest BCUT2D eigenvalue weighted by molar-refractivity contribution is 7.09. The highest BCUT2D eigenvalue weighted by atomic mass is 32.1. The summed E-state index contributed by atoms with van der Waals surface area (Å²) in [5.41, 5.74) is -0.899. The molecule has 2 rings (SSSR count). The molecule has 0 aliphatic rings. The third kappa shape index (κ3) is 3.17. The molecule has 19 heavy (non-hydrogen) atoms. The number of aromatic nitrogens is 2. The number of aryl methyl sites for hydroxylation is 1. The molecule has 7 heteroatoms. The number of ketones is 1. The number of thiazole rings is 1. The van der Waals surface area contributed by atoms with E-state index in [4.69, 9.17) is 0 Å². The number of nitrogens with zero attached hydrogens (tertiary/aromatic N) is 2. The van der Waals surface area contributed by atoms with Gasteiger partial charge in [0, 0.05) is 23.3 Å². The van der Waals surface area contributed by atoms with Gasteiger partial charge in [-0.05, 0) is 13.0 Å². The molecule has 0 amide bonds. The molecule has 0 bridgehead atoms. The summed E-state index contributed by atoms with van der Waals surface area (Å²) in [4.78, 5) is 19.6. The number of pyridine rings is 1. The van der Waals surface area contributed by atoms with Gasteiger partial charge in [-0.15, -0.1) is 11.3 Å². The van der Waals surface area contributed by atoms with E-state index in [1.165, 1.54) is 11.3 Å². The SMILES string of the molecule is Cc1nc(CC(=O)c2cnccc2C(F)(F)F)cs1. The highest BCUT2D eigenvalue weighted by Gasteiger charge is 2.35. The van der Waals surface area contributed by atoms with Crippen molar-refractivity contribution in [2.75, 3.05) is 0 Å². The van der Waals surface area contributed by atoms with Gasteiger partial charge in [0.1, 0.15) is 0 Å². The average Bonchev–Trinajstić information content (AvgIpc) is 2.73. The third-order valence-electron chi connectivity index (χ3n) is 2.44. The second kappa shape index (κ2) is 5.08. The molecule has 0 unspecified atom stereocenters. The van der Waals surface area contributed by atoms with E-state index in [-0.39, 0.29) is 6.42 Å². The van der Waals surface area contributed by atoms with Crippen molar-refractivity contribution in [3.63, 3.8) is 0 Å². The van der Waals surface area contributed by atoms with Crippen LogP contribution in [0.25, 0.3) is 0 Å². The van der Waals surface area contributed by atoms with Crippen LogP contribution in [-0.4, -0.2) is 15.8 Å². The maximum atomic E-state index is 12.8. The van der Waals surface area contributed by atoms with E-state index in [0.29, 0.717) is 5.69 Å². The predicted molar refractivity (Wildman–Crippen MR) is 64.1 cm³/mol. The number of hydrogen-bond acceptors (Lipinski definition) is 4. The number of carbonyl (C=O) groups is 1. The van der Waals surface area contributed by atoms with Gasteiger partial charge in [-0.2, -0.15) is 13.2 Å². The highest BCUT2D eigenvalue weighted by Crippen LogP contribution is 2.31. The summed E-state index contributed by atoms with van der Waals surface area (Å²) < 4.78 is 38.3. The molecular formula is C12H9F3N2OS. The largest absolute Gasteiger partial charge is 0.417 e. The van der Waals surface area contributed by atoms with Crippen LogP contribution in [0.4, 0.5) is 13.2 Å². The van der Waals surface area contributed by atoms with Crippen molar-refractivity contribution >= 4 is 17.1 Å². The lowest BCUT2D eigenvalue weighted by molar-refractivity contribution is -0.138. The van der Waals surface area contributed by atoms with Crippen molar-refractivity contribution in [1.82, 2.24) is 9.97 Å². The Hall–Kier alpha value is -1.76. The minimum absolute atomic E-state index is 0.154. The van der Waals surface area contributed by atoms with Crippen LogP contribution in [0.1, 0.15) is 26.6 Å². The molecular weight excluding hydrogens is 277 g/mol. The van der Waals surface area contributed by atoms with Gasteiger partial charge in [0.2, 0.25) is 0 Å². The maximum absolute atomic E-state index is 12.8. The average molecular weight is 286 g/mol. The van der Waals surface area contributed by atoms with E-state index in [1.54, 1.807) is 12.3 Å². The monoisotopic (exact) mass is 286 g/mol. The van der Waals surface area contributed by atoms with Crippen LogP contribution in [0.5, 0.6) is 0 Å². The molecule has 2 aromatic rings. The molecule has 0 spiro atoms. The summed E-state index contributed by atoms with van der Waals surface area (Å²) in [6.07, 6.45) is -2.75. The fourth-order valence-electron chi connectivity index (χ4n) is 1.61. The molecule has 0 saturated heterocycles. The van der Waals surface area contributed by atoms with Crippen molar-refractivity contribution < 1.29 is 18.0 Å². The number of rotatable bonds is 3. The summed E-state index contributed by atoms with van der Waals surface area (Å²) in [5, 5.41) is 2.43. The predicted octanol–water partition coefficient (Wildman–Crippen LogP) is 3.29. The van der Waals surface area contributed by atoms with Crippen molar-refractivity contribution in [1.29, 1.82) is 0 Å². The van der Waals surface area contributed by atoms with E-state index in [0.717, 1.165) is 23.5 Å². The molecule has 0 radical (unpaired) electrons. The van der Waals surface area contributed by atoms with Crippen LogP contribution >= 0.6 is 11.3 Å². The summed E-state index contributed by atoms with van der Waals surface area (Å²) in [5.74, 6) is -0.634. The summed E-state index contributed by atoms with van der Waals surface area (Å²) in [7, 11) is 0. The molecule has 0 fully saturated rings. The molecule has 0 aliphatic carbocycles. The van der Waals surface area contributed by atoms with Gasteiger partial charge in [-0.25, -0.2) is 4.98 Å². The van der Waals surface area contributed by atoms with E-state index in [1.807, 2.05) is 0 Å². The first-order chi connectivity index (χ1) is 8.88. The molecule has 0 aliphatic heterocycles. The van der Waals surface area contributed by atoms with Gasteiger partial charge < -0.3 is 0 Å². The molecule has 0 atom stereocenters. The van der Waals surface area contributed by atoms with Crippen LogP contribution < -0.4 is 0 Å². The molecule has 3 nitrogen and oxygen atoms in total. The molecule has 2 aromatic heterocycles. The van der Waals surface area contributed by atoms with Crippen LogP contribution in [-0.2, 0) is 12.6 Å². The van der Waals surface area contributed by atoms with Gasteiger partial charge in [-0.3, -0.25) is 9.78 Å². The Bertz CT molecular complexity index is 607. The zero-order chi connectivity index (χ0) is 14.0.